The minimum absolute atomic E-state index is 0.0260. The predicted octanol–water partition coefficient (Wildman–Crippen LogP) is 0.795. The van der Waals surface area contributed by atoms with Crippen LogP contribution in [-0.2, 0) is 11.3 Å². The molecule has 1 aromatic heterocycles. The van der Waals surface area contributed by atoms with E-state index in [2.05, 4.69) is 10.3 Å². The van der Waals surface area contributed by atoms with Crippen LogP contribution in [0.25, 0.3) is 10.8 Å². The zero-order chi connectivity index (χ0) is 22.1. The molecule has 2 heterocycles. The zero-order valence-electron chi connectivity index (χ0n) is 16.9. The van der Waals surface area contributed by atoms with Crippen LogP contribution < -0.4 is 16.7 Å². The number of amides is 1. The minimum atomic E-state index is -0.954. The number of hydrogen-bond donors (Lipinski definition) is 4. The van der Waals surface area contributed by atoms with Crippen molar-refractivity contribution in [3.8, 4) is 0 Å². The normalized spacial score (nSPS) is 23.2. The van der Waals surface area contributed by atoms with E-state index in [4.69, 9.17) is 10.5 Å². The molecule has 1 fully saturated rings. The highest BCUT2D eigenvalue weighted by Crippen LogP contribution is 2.33. The molecule has 31 heavy (non-hydrogen) atoms. The number of ether oxygens (including phenoxy) is 1. The Bertz CT molecular complexity index is 1180. The van der Waals surface area contributed by atoms with Crippen LogP contribution in [0.2, 0.25) is 0 Å². The molecular weight excluding hydrogens is 400 g/mol. The van der Waals surface area contributed by atoms with Crippen molar-refractivity contribution in [3.05, 3.63) is 70.3 Å². The summed E-state index contributed by atoms with van der Waals surface area (Å²) < 4.78 is 6.73. The van der Waals surface area contributed by atoms with Crippen molar-refractivity contribution in [1.29, 1.82) is 0 Å². The number of rotatable bonds is 5. The van der Waals surface area contributed by atoms with Crippen molar-refractivity contribution in [2.75, 3.05) is 12.3 Å². The number of anilines is 1. The molecular formula is C22H24N4O5. The van der Waals surface area contributed by atoms with E-state index in [-0.39, 0.29) is 17.9 Å². The maximum Gasteiger partial charge on any atom is 0.351 e. The van der Waals surface area contributed by atoms with Crippen LogP contribution in [0.1, 0.15) is 29.1 Å². The van der Waals surface area contributed by atoms with Gasteiger partial charge in [-0.2, -0.15) is 4.98 Å². The molecule has 3 aromatic rings. The average Bonchev–Trinajstić information content (AvgIpc) is 3.06. The van der Waals surface area contributed by atoms with Gasteiger partial charge in [0.15, 0.2) is 0 Å². The quantitative estimate of drug-likeness (QED) is 0.475. The van der Waals surface area contributed by atoms with Crippen LogP contribution in [0.5, 0.6) is 0 Å². The third-order valence-electron chi connectivity index (χ3n) is 5.63. The lowest BCUT2D eigenvalue weighted by molar-refractivity contribution is -0.0476. The maximum absolute atomic E-state index is 12.8. The predicted molar refractivity (Wildman–Crippen MR) is 114 cm³/mol. The van der Waals surface area contributed by atoms with Crippen LogP contribution in [0.3, 0.4) is 0 Å². The molecule has 0 spiro atoms. The molecule has 0 saturated carbocycles. The summed E-state index contributed by atoms with van der Waals surface area (Å²) in [4.78, 5) is 28.9. The lowest BCUT2D eigenvalue weighted by atomic mass is 10.0. The highest BCUT2D eigenvalue weighted by atomic mass is 16.5. The summed E-state index contributed by atoms with van der Waals surface area (Å²) in [5.41, 5.74) is 6.07. The Morgan fingerprint density at radius 2 is 2.00 bits per heavy atom. The van der Waals surface area contributed by atoms with E-state index >= 15 is 0 Å². The minimum Gasteiger partial charge on any atom is -0.394 e. The van der Waals surface area contributed by atoms with E-state index in [0.717, 1.165) is 20.9 Å². The van der Waals surface area contributed by atoms with Crippen molar-refractivity contribution in [2.45, 2.75) is 31.9 Å². The number of aliphatic hydroxyl groups is 2. The lowest BCUT2D eigenvalue weighted by Gasteiger charge is -2.19. The largest absolute Gasteiger partial charge is 0.394 e. The van der Waals surface area contributed by atoms with Crippen LogP contribution in [0.4, 0.5) is 5.82 Å². The van der Waals surface area contributed by atoms with Gasteiger partial charge in [0.25, 0.3) is 5.91 Å². The van der Waals surface area contributed by atoms with E-state index in [9.17, 15) is 19.8 Å². The van der Waals surface area contributed by atoms with Crippen LogP contribution in [-0.4, -0.2) is 44.5 Å². The Balaban J connectivity index is 1.55. The molecule has 9 nitrogen and oxygen atoms in total. The molecule has 5 N–H and O–H groups in total. The highest BCUT2D eigenvalue weighted by Gasteiger charge is 2.42. The first-order valence-electron chi connectivity index (χ1n) is 9.98. The number of nitrogens with one attached hydrogen (secondary N) is 1. The van der Waals surface area contributed by atoms with Crippen molar-refractivity contribution >= 4 is 22.5 Å². The van der Waals surface area contributed by atoms with Crippen molar-refractivity contribution in [2.24, 2.45) is 5.92 Å². The Labute approximate surface area is 178 Å². The molecule has 1 aliphatic rings. The van der Waals surface area contributed by atoms with Gasteiger partial charge >= 0.3 is 5.69 Å². The van der Waals surface area contributed by atoms with Gasteiger partial charge in [-0.3, -0.25) is 9.36 Å². The third-order valence-corrected chi connectivity index (χ3v) is 5.63. The first-order valence-corrected chi connectivity index (χ1v) is 9.98. The second kappa shape index (κ2) is 8.46. The SMILES string of the molecule is C[C@H]1C(O)[C@@H](CO)O[C@H]1n1cc(C(=O)NCc2ccc3ccccc3c2)c(N)nc1=O. The first-order chi connectivity index (χ1) is 14.9. The van der Waals surface area contributed by atoms with E-state index < -0.39 is 42.6 Å². The fraction of sp³-hybridized carbons (Fsp3) is 0.318. The molecule has 0 bridgehead atoms. The van der Waals surface area contributed by atoms with Crippen LogP contribution >= 0.6 is 0 Å². The molecule has 4 atom stereocenters. The molecule has 1 unspecified atom stereocenters. The van der Waals surface area contributed by atoms with E-state index in [1.165, 1.54) is 6.20 Å². The summed E-state index contributed by atoms with van der Waals surface area (Å²) in [6, 6.07) is 13.8. The van der Waals surface area contributed by atoms with Gasteiger partial charge in [0.2, 0.25) is 0 Å². The summed E-state index contributed by atoms with van der Waals surface area (Å²) in [5, 5.41) is 24.5. The number of nitrogen functional groups attached to an aromatic ring is 1. The number of hydrogen-bond acceptors (Lipinski definition) is 7. The molecule has 1 saturated heterocycles. The Hall–Kier alpha value is -3.27. The maximum atomic E-state index is 12.8. The third kappa shape index (κ3) is 4.02. The van der Waals surface area contributed by atoms with Gasteiger partial charge in [0.05, 0.1) is 18.3 Å². The molecule has 162 valence electrons. The number of aromatic nitrogens is 2. The number of carbonyl (C=O) groups is 1. The fourth-order valence-corrected chi connectivity index (χ4v) is 3.83. The molecule has 1 amide bonds. The van der Waals surface area contributed by atoms with Gasteiger partial charge in [0.1, 0.15) is 18.1 Å². The molecule has 1 aliphatic heterocycles. The summed E-state index contributed by atoms with van der Waals surface area (Å²) in [6.45, 7) is 1.56. The van der Waals surface area contributed by atoms with E-state index in [1.807, 2.05) is 42.5 Å². The van der Waals surface area contributed by atoms with Gasteiger partial charge in [0, 0.05) is 18.7 Å². The Morgan fingerprint density at radius 1 is 1.26 bits per heavy atom. The first kappa shape index (κ1) is 21.0. The number of nitrogens with two attached hydrogens (primary N) is 1. The monoisotopic (exact) mass is 424 g/mol. The second-order valence-corrected chi connectivity index (χ2v) is 7.69. The standard InChI is InChI=1S/C22H24N4O5/c1-12-18(28)17(11-27)31-21(12)26-10-16(19(23)25-22(26)30)20(29)24-9-13-6-7-14-4-2-3-5-15(14)8-13/h2-8,10,12,17-18,21,27-28H,9,11H2,1H3,(H,24,29)(H2,23,25,30)/t12-,17+,18?,21+/m0/s1. The zero-order valence-corrected chi connectivity index (χ0v) is 16.9. The van der Waals surface area contributed by atoms with Crippen molar-refractivity contribution in [1.82, 2.24) is 14.9 Å². The Kier molecular flexibility index (Phi) is 5.73. The number of carbonyl (C=O) groups excluding carboxylic acids is 1. The smallest absolute Gasteiger partial charge is 0.351 e. The molecule has 0 radical (unpaired) electrons. The van der Waals surface area contributed by atoms with Gasteiger partial charge in [-0.15, -0.1) is 0 Å². The van der Waals surface area contributed by atoms with Crippen molar-refractivity contribution in [3.63, 3.8) is 0 Å². The highest BCUT2D eigenvalue weighted by molar-refractivity contribution is 5.98. The summed E-state index contributed by atoms with van der Waals surface area (Å²) in [7, 11) is 0. The van der Waals surface area contributed by atoms with E-state index in [0.29, 0.717) is 0 Å². The molecule has 0 aliphatic carbocycles. The summed E-state index contributed by atoms with van der Waals surface area (Å²) in [6.07, 6.45) is -1.37. The number of fused-ring (bicyclic) bond motifs is 1. The average molecular weight is 424 g/mol. The molecule has 9 heteroatoms. The summed E-state index contributed by atoms with van der Waals surface area (Å²) >= 11 is 0. The topological polar surface area (TPSA) is 140 Å². The molecule has 2 aromatic carbocycles. The van der Waals surface area contributed by atoms with Crippen LogP contribution in [0.15, 0.2) is 53.5 Å². The number of nitrogens with zero attached hydrogens (tertiary/aromatic N) is 2. The lowest BCUT2D eigenvalue weighted by Crippen LogP contribution is -2.34. The van der Waals surface area contributed by atoms with Gasteiger partial charge in [-0.25, -0.2) is 4.79 Å². The van der Waals surface area contributed by atoms with Gasteiger partial charge < -0.3 is 26.0 Å². The van der Waals surface area contributed by atoms with Crippen molar-refractivity contribution < 1.29 is 19.7 Å². The summed E-state index contributed by atoms with van der Waals surface area (Å²) in [5.74, 6) is -1.17. The fourth-order valence-electron chi connectivity index (χ4n) is 3.83. The Morgan fingerprint density at radius 3 is 2.71 bits per heavy atom. The van der Waals surface area contributed by atoms with Gasteiger partial charge in [-0.1, -0.05) is 43.3 Å². The molecule has 4 rings (SSSR count). The van der Waals surface area contributed by atoms with Crippen LogP contribution in [0, 0.1) is 5.92 Å². The second-order valence-electron chi connectivity index (χ2n) is 7.69. The number of aliphatic hydroxyl groups excluding tert-OH is 2. The number of benzene rings is 2. The van der Waals surface area contributed by atoms with Gasteiger partial charge in [-0.05, 0) is 22.4 Å². The van der Waals surface area contributed by atoms with E-state index in [1.54, 1.807) is 6.92 Å².